The number of methoxy groups -OCH3 is 1. The van der Waals surface area contributed by atoms with Gasteiger partial charge in [0.05, 0.1) is 7.11 Å². The van der Waals surface area contributed by atoms with E-state index in [1.165, 1.54) is 7.11 Å². The zero-order valence-electron chi connectivity index (χ0n) is 9.30. The van der Waals surface area contributed by atoms with Gasteiger partial charge in [0.25, 0.3) is 0 Å². The fraction of sp³-hybridized carbons (Fsp3) is 0.273. The summed E-state index contributed by atoms with van der Waals surface area (Å²) in [4.78, 5) is 26.1. The molecule has 0 aliphatic rings. The predicted octanol–water partition coefficient (Wildman–Crippen LogP) is 1.18. The quantitative estimate of drug-likeness (QED) is 0.349. The zero-order chi connectivity index (χ0) is 12.7. The van der Waals surface area contributed by atoms with Crippen LogP contribution in [0, 0.1) is 0 Å². The van der Waals surface area contributed by atoms with Crippen LogP contribution in [0.5, 0.6) is 0 Å². The Bertz CT molecular complexity index is 387. The van der Waals surface area contributed by atoms with Crippen LogP contribution >= 0.6 is 0 Å². The van der Waals surface area contributed by atoms with E-state index in [2.05, 4.69) is 14.9 Å². The Balaban J connectivity index is 2.51. The second kappa shape index (κ2) is 6.62. The minimum Gasteiger partial charge on any atom is -0.469 e. The molecule has 1 aromatic carbocycles. The molecular formula is C11H13NO5. The molecule has 0 unspecified atom stereocenters. The van der Waals surface area contributed by atoms with Crippen LogP contribution in [0.4, 0.5) is 5.69 Å². The van der Waals surface area contributed by atoms with Crippen molar-refractivity contribution in [3.8, 4) is 0 Å². The molecule has 0 aromatic heterocycles. The summed E-state index contributed by atoms with van der Waals surface area (Å²) < 4.78 is 4.37. The second-order valence-corrected chi connectivity index (χ2v) is 3.27. The maximum Gasteiger partial charge on any atom is 0.315 e. The number of esters is 1. The van der Waals surface area contributed by atoms with Crippen molar-refractivity contribution >= 4 is 17.6 Å². The Morgan fingerprint density at radius 3 is 2.47 bits per heavy atom. The van der Waals surface area contributed by atoms with E-state index in [1.54, 1.807) is 24.3 Å². The van der Waals surface area contributed by atoms with E-state index in [1.807, 2.05) is 0 Å². The molecule has 1 amide bonds. The van der Waals surface area contributed by atoms with Crippen LogP contribution in [-0.4, -0.2) is 24.2 Å². The first-order valence-corrected chi connectivity index (χ1v) is 4.87. The van der Waals surface area contributed by atoms with E-state index >= 15 is 0 Å². The number of hydrogen-bond acceptors (Lipinski definition) is 5. The molecule has 0 heterocycles. The first kappa shape index (κ1) is 13.1. The van der Waals surface area contributed by atoms with Crippen molar-refractivity contribution in [3.63, 3.8) is 0 Å². The largest absolute Gasteiger partial charge is 0.469 e. The summed E-state index contributed by atoms with van der Waals surface area (Å²) in [5, 5.41) is 10.8. The van der Waals surface area contributed by atoms with Crippen molar-refractivity contribution in [2.75, 3.05) is 12.4 Å². The molecule has 0 atom stereocenters. The Kier molecular flexibility index (Phi) is 5.12. The summed E-state index contributed by atoms with van der Waals surface area (Å²) in [6.45, 7) is 0.0797. The molecule has 17 heavy (non-hydrogen) atoms. The lowest BCUT2D eigenvalue weighted by molar-refractivity contribution is -0.253. The van der Waals surface area contributed by atoms with Crippen LogP contribution in [0.3, 0.4) is 0 Å². The molecule has 0 radical (unpaired) electrons. The number of ether oxygens (including phenoxy) is 1. The van der Waals surface area contributed by atoms with Gasteiger partial charge in [0, 0.05) is 5.69 Å². The highest BCUT2D eigenvalue weighted by Gasteiger charge is 2.09. The van der Waals surface area contributed by atoms with Gasteiger partial charge >= 0.3 is 5.97 Å². The molecule has 0 aliphatic heterocycles. The molecule has 0 spiro atoms. The molecule has 1 rings (SSSR count). The number of benzene rings is 1. The van der Waals surface area contributed by atoms with Crippen LogP contribution in [0.25, 0.3) is 0 Å². The third-order valence-corrected chi connectivity index (χ3v) is 2.00. The van der Waals surface area contributed by atoms with E-state index < -0.39 is 11.9 Å². The average molecular weight is 239 g/mol. The third-order valence-electron chi connectivity index (χ3n) is 2.00. The van der Waals surface area contributed by atoms with Crippen LogP contribution in [0.1, 0.15) is 12.0 Å². The number of amides is 1. The third kappa shape index (κ3) is 4.62. The van der Waals surface area contributed by atoms with Gasteiger partial charge in [-0.15, -0.1) is 0 Å². The molecule has 0 saturated heterocycles. The van der Waals surface area contributed by atoms with E-state index in [0.717, 1.165) is 5.56 Å². The molecule has 92 valence electrons. The van der Waals surface area contributed by atoms with Gasteiger partial charge in [0.1, 0.15) is 13.0 Å². The summed E-state index contributed by atoms with van der Waals surface area (Å²) in [6.07, 6.45) is -0.321. The number of nitrogens with one attached hydrogen (secondary N) is 1. The number of carbonyl (C=O) groups excluding carboxylic acids is 2. The van der Waals surface area contributed by atoms with Gasteiger partial charge < -0.3 is 10.1 Å². The monoisotopic (exact) mass is 239 g/mol. The van der Waals surface area contributed by atoms with E-state index in [9.17, 15) is 9.59 Å². The lowest BCUT2D eigenvalue weighted by Crippen LogP contribution is -2.17. The van der Waals surface area contributed by atoms with Gasteiger partial charge in [-0.05, 0) is 17.7 Å². The van der Waals surface area contributed by atoms with Gasteiger partial charge in [-0.3, -0.25) is 14.8 Å². The van der Waals surface area contributed by atoms with E-state index in [4.69, 9.17) is 5.26 Å². The van der Waals surface area contributed by atoms with Gasteiger partial charge in [0.2, 0.25) is 5.91 Å². The van der Waals surface area contributed by atoms with Gasteiger partial charge in [-0.25, -0.2) is 4.89 Å². The summed E-state index contributed by atoms with van der Waals surface area (Å²) in [6, 6.07) is 6.65. The number of hydrogen-bond donors (Lipinski definition) is 2. The van der Waals surface area contributed by atoms with Crippen molar-refractivity contribution in [1.82, 2.24) is 0 Å². The standard InChI is InChI=1S/C11H13NO5/c1-16-11(14)6-10(13)12-9-4-2-8(3-5-9)7-17-15/h2-5,15H,6-7H2,1H3,(H,12,13). The fourth-order valence-electron chi connectivity index (χ4n) is 1.17. The fourth-order valence-corrected chi connectivity index (χ4v) is 1.17. The van der Waals surface area contributed by atoms with Crippen molar-refractivity contribution in [2.45, 2.75) is 13.0 Å². The maximum atomic E-state index is 11.3. The maximum absolute atomic E-state index is 11.3. The van der Waals surface area contributed by atoms with Crippen molar-refractivity contribution in [3.05, 3.63) is 29.8 Å². The molecular weight excluding hydrogens is 226 g/mol. The Morgan fingerprint density at radius 2 is 1.94 bits per heavy atom. The van der Waals surface area contributed by atoms with Crippen LogP contribution in [0.15, 0.2) is 24.3 Å². The smallest absolute Gasteiger partial charge is 0.315 e. The molecule has 1 aromatic rings. The molecule has 0 bridgehead atoms. The lowest BCUT2D eigenvalue weighted by atomic mass is 10.2. The molecule has 0 fully saturated rings. The highest BCUT2D eigenvalue weighted by Crippen LogP contribution is 2.10. The average Bonchev–Trinajstić information content (AvgIpc) is 2.31. The topological polar surface area (TPSA) is 84.9 Å². The van der Waals surface area contributed by atoms with Crippen molar-refractivity contribution < 1.29 is 24.5 Å². The summed E-state index contributed by atoms with van der Waals surface area (Å²) in [5.74, 6) is -1.03. The summed E-state index contributed by atoms with van der Waals surface area (Å²) in [5.41, 5.74) is 1.32. The predicted molar refractivity (Wildman–Crippen MR) is 59.1 cm³/mol. The lowest BCUT2D eigenvalue weighted by Gasteiger charge is -2.05. The van der Waals surface area contributed by atoms with Gasteiger partial charge in [-0.1, -0.05) is 12.1 Å². The zero-order valence-corrected chi connectivity index (χ0v) is 9.30. The first-order chi connectivity index (χ1) is 8.15. The normalized spacial score (nSPS) is 9.76. The van der Waals surface area contributed by atoms with Gasteiger partial charge in [0.15, 0.2) is 0 Å². The molecule has 0 aliphatic carbocycles. The molecule has 6 nitrogen and oxygen atoms in total. The molecule has 6 heteroatoms. The second-order valence-electron chi connectivity index (χ2n) is 3.27. The Labute approximate surface area is 98.1 Å². The first-order valence-electron chi connectivity index (χ1n) is 4.87. The number of anilines is 1. The SMILES string of the molecule is COC(=O)CC(=O)Nc1ccc(COO)cc1. The minimum absolute atomic E-state index is 0.0797. The minimum atomic E-state index is -0.590. The Hall–Kier alpha value is -1.92. The molecule has 0 saturated carbocycles. The number of rotatable bonds is 5. The number of carbonyl (C=O) groups is 2. The van der Waals surface area contributed by atoms with Crippen LogP contribution < -0.4 is 5.32 Å². The molecule has 2 N–H and O–H groups in total. The highest BCUT2D eigenvalue weighted by molar-refractivity contribution is 6.01. The summed E-state index contributed by atoms with van der Waals surface area (Å²) in [7, 11) is 1.22. The highest BCUT2D eigenvalue weighted by atomic mass is 17.1. The summed E-state index contributed by atoms with van der Waals surface area (Å²) >= 11 is 0. The van der Waals surface area contributed by atoms with E-state index in [-0.39, 0.29) is 13.0 Å². The van der Waals surface area contributed by atoms with Crippen LogP contribution in [-0.2, 0) is 25.8 Å². The van der Waals surface area contributed by atoms with Crippen molar-refractivity contribution in [1.29, 1.82) is 0 Å². The Morgan fingerprint density at radius 1 is 1.29 bits per heavy atom. The van der Waals surface area contributed by atoms with Crippen molar-refractivity contribution in [2.24, 2.45) is 0 Å². The van der Waals surface area contributed by atoms with E-state index in [0.29, 0.717) is 5.69 Å². The van der Waals surface area contributed by atoms with Gasteiger partial charge in [-0.2, -0.15) is 0 Å². The van der Waals surface area contributed by atoms with Crippen LogP contribution in [0.2, 0.25) is 0 Å².